The number of ketones is 1. The summed E-state index contributed by atoms with van der Waals surface area (Å²) in [6, 6.07) is 0. The molecule has 8 atom stereocenters. The van der Waals surface area contributed by atoms with Crippen molar-refractivity contribution >= 4 is 20.1 Å². The third kappa shape index (κ3) is 4.73. The molecule has 0 saturated heterocycles. The standard InChI is InChI=1S/C38H64O4Si/c1-24(2)31-27(40)22-38(23-41-43(12,13)33(4,5)6)21-20-36(10)26(32(31)38)14-15-29-35(9)18-17-30(42-25(3)39)34(7,8)28(35)16-19-37(29,36)11/h24,26,28-30H,14-23H2,1-13H3/t26-,28+,29-,30+,35+,36-,37-,38+/m1/s1. The zero-order chi connectivity index (χ0) is 32.2. The van der Waals surface area contributed by atoms with Crippen LogP contribution in [0.15, 0.2) is 11.1 Å². The number of esters is 1. The molecule has 244 valence electrons. The topological polar surface area (TPSA) is 52.6 Å². The maximum absolute atomic E-state index is 13.9. The molecular formula is C38H64O4Si. The Labute approximate surface area is 265 Å². The molecule has 0 spiro atoms. The van der Waals surface area contributed by atoms with Crippen LogP contribution >= 0.6 is 0 Å². The molecule has 0 N–H and O–H groups in total. The summed E-state index contributed by atoms with van der Waals surface area (Å²) >= 11 is 0. The monoisotopic (exact) mass is 612 g/mol. The zero-order valence-corrected chi connectivity index (χ0v) is 31.1. The predicted octanol–water partition coefficient (Wildman–Crippen LogP) is 9.92. The van der Waals surface area contributed by atoms with Gasteiger partial charge in [0.15, 0.2) is 14.1 Å². The van der Waals surface area contributed by atoms with Crippen molar-refractivity contribution in [2.45, 2.75) is 158 Å². The normalized spacial score (nSPS) is 42.7. The maximum Gasteiger partial charge on any atom is 0.302 e. The number of carbonyl (C=O) groups excluding carboxylic acids is 2. The van der Waals surface area contributed by atoms with Crippen molar-refractivity contribution in [2.24, 2.45) is 50.7 Å². The van der Waals surface area contributed by atoms with E-state index in [-0.39, 0.29) is 50.1 Å². The molecule has 0 aromatic heterocycles. The Hall–Kier alpha value is -0.943. The molecule has 0 aromatic rings. The molecule has 0 aliphatic heterocycles. The zero-order valence-electron chi connectivity index (χ0n) is 30.1. The van der Waals surface area contributed by atoms with Gasteiger partial charge in [-0.2, -0.15) is 0 Å². The molecule has 0 heterocycles. The van der Waals surface area contributed by atoms with Gasteiger partial charge in [-0.05, 0) is 115 Å². The van der Waals surface area contributed by atoms with Gasteiger partial charge in [-0.25, -0.2) is 0 Å². The van der Waals surface area contributed by atoms with Crippen LogP contribution in [0.3, 0.4) is 0 Å². The highest BCUT2D eigenvalue weighted by atomic mass is 28.4. The van der Waals surface area contributed by atoms with Crippen LogP contribution in [0.4, 0.5) is 0 Å². The molecule has 5 rings (SSSR count). The van der Waals surface area contributed by atoms with Crippen molar-refractivity contribution in [2.75, 3.05) is 6.61 Å². The van der Waals surface area contributed by atoms with E-state index in [1.54, 1.807) is 6.92 Å². The van der Waals surface area contributed by atoms with Crippen LogP contribution in [0.5, 0.6) is 0 Å². The first-order chi connectivity index (χ1) is 19.6. The second kappa shape index (κ2) is 10.3. The van der Waals surface area contributed by atoms with E-state index in [1.165, 1.54) is 43.3 Å². The van der Waals surface area contributed by atoms with Gasteiger partial charge in [0.1, 0.15) is 6.10 Å². The Bertz CT molecular complexity index is 1190. The molecule has 4 nitrogen and oxygen atoms in total. The minimum Gasteiger partial charge on any atom is -0.462 e. The van der Waals surface area contributed by atoms with E-state index in [0.29, 0.717) is 30.0 Å². The number of fused-ring (bicyclic) bond motifs is 7. The summed E-state index contributed by atoms with van der Waals surface area (Å²) in [7, 11) is -1.95. The molecule has 43 heavy (non-hydrogen) atoms. The van der Waals surface area contributed by atoms with Crippen LogP contribution in [-0.2, 0) is 18.8 Å². The molecule has 4 fully saturated rings. The van der Waals surface area contributed by atoms with Crippen molar-refractivity contribution < 1.29 is 18.8 Å². The number of hydrogen-bond acceptors (Lipinski definition) is 4. The van der Waals surface area contributed by atoms with E-state index >= 15 is 0 Å². The third-order valence-corrected chi connectivity index (χ3v) is 19.8. The molecule has 5 heteroatoms. The predicted molar refractivity (Wildman–Crippen MR) is 178 cm³/mol. The highest BCUT2D eigenvalue weighted by Crippen LogP contribution is 2.76. The summed E-state index contributed by atoms with van der Waals surface area (Å²) in [5, 5.41) is 0.155. The lowest BCUT2D eigenvalue weighted by Crippen LogP contribution is -2.66. The number of Topliss-reactive ketones (excluding diaryl/α,β-unsaturated/α-hetero) is 1. The number of hydrogen-bond donors (Lipinski definition) is 0. The van der Waals surface area contributed by atoms with Gasteiger partial charge < -0.3 is 9.16 Å². The molecule has 0 aromatic carbocycles. The fourth-order valence-electron chi connectivity index (χ4n) is 11.8. The van der Waals surface area contributed by atoms with Gasteiger partial charge in [-0.1, -0.05) is 74.8 Å². The summed E-state index contributed by atoms with van der Waals surface area (Å²) in [6.07, 6.45) is 9.90. The summed E-state index contributed by atoms with van der Waals surface area (Å²) in [6.45, 7) is 31.1. The average molecular weight is 613 g/mol. The number of carbonyl (C=O) groups is 2. The van der Waals surface area contributed by atoms with Gasteiger partial charge >= 0.3 is 5.97 Å². The first-order valence-electron chi connectivity index (χ1n) is 17.7. The first kappa shape index (κ1) is 33.4. The highest BCUT2D eigenvalue weighted by molar-refractivity contribution is 6.74. The van der Waals surface area contributed by atoms with Crippen LogP contribution in [0, 0.1) is 50.7 Å². The second-order valence-electron chi connectivity index (χ2n) is 19.0. The largest absolute Gasteiger partial charge is 0.462 e. The summed E-state index contributed by atoms with van der Waals surface area (Å²) < 4.78 is 13.0. The molecule has 0 radical (unpaired) electrons. The van der Waals surface area contributed by atoms with Crippen LogP contribution < -0.4 is 0 Å². The van der Waals surface area contributed by atoms with Crippen LogP contribution in [-0.4, -0.2) is 32.8 Å². The minimum atomic E-state index is -1.95. The van der Waals surface area contributed by atoms with Crippen LogP contribution in [0.2, 0.25) is 18.1 Å². The Morgan fingerprint density at radius 2 is 1.56 bits per heavy atom. The van der Waals surface area contributed by atoms with Gasteiger partial charge in [-0.3, -0.25) is 9.59 Å². The van der Waals surface area contributed by atoms with E-state index in [2.05, 4.69) is 82.3 Å². The van der Waals surface area contributed by atoms with Gasteiger partial charge in [-0.15, -0.1) is 0 Å². The molecule has 5 aliphatic carbocycles. The van der Waals surface area contributed by atoms with E-state index in [0.717, 1.165) is 25.9 Å². The van der Waals surface area contributed by atoms with E-state index < -0.39 is 8.32 Å². The molecule has 4 saturated carbocycles. The van der Waals surface area contributed by atoms with Crippen molar-refractivity contribution in [1.82, 2.24) is 0 Å². The first-order valence-corrected chi connectivity index (χ1v) is 20.6. The second-order valence-corrected chi connectivity index (χ2v) is 23.8. The maximum atomic E-state index is 13.9. The number of ether oxygens (including phenoxy) is 1. The molecular weight excluding hydrogens is 549 g/mol. The van der Waals surface area contributed by atoms with Gasteiger partial charge in [0.2, 0.25) is 0 Å². The van der Waals surface area contributed by atoms with Gasteiger partial charge in [0.05, 0.1) is 0 Å². The smallest absolute Gasteiger partial charge is 0.302 e. The minimum absolute atomic E-state index is 0.0128. The lowest BCUT2D eigenvalue weighted by atomic mass is 9.33. The van der Waals surface area contributed by atoms with Crippen molar-refractivity contribution in [3.8, 4) is 0 Å². The highest BCUT2D eigenvalue weighted by Gasteiger charge is 2.70. The van der Waals surface area contributed by atoms with Crippen molar-refractivity contribution in [1.29, 1.82) is 0 Å². The van der Waals surface area contributed by atoms with E-state index in [1.807, 2.05) is 0 Å². The summed E-state index contributed by atoms with van der Waals surface area (Å²) in [4.78, 5) is 26.0. The quantitative estimate of drug-likeness (QED) is 0.229. The lowest BCUT2D eigenvalue weighted by molar-refractivity contribution is -0.233. The Balaban J connectivity index is 1.53. The summed E-state index contributed by atoms with van der Waals surface area (Å²) in [5.74, 6) is 2.18. The number of allylic oxidation sites excluding steroid dienone is 1. The Morgan fingerprint density at radius 3 is 2.14 bits per heavy atom. The van der Waals surface area contributed by atoms with Crippen LogP contribution in [0.25, 0.3) is 0 Å². The molecule has 5 aliphatic rings. The van der Waals surface area contributed by atoms with E-state index in [9.17, 15) is 9.59 Å². The molecule has 0 unspecified atom stereocenters. The SMILES string of the molecule is CC(=O)O[C@H]1CC[C@]2(C)[C@H]3CC[C@@H]4C5=C(C(C)C)C(=O)C[C@]5(CO[Si](C)(C)C(C)(C)C)CC[C@@]4(C)[C@]3(C)CC[C@H]2C1(C)C. The lowest BCUT2D eigenvalue weighted by Gasteiger charge is -2.72. The van der Waals surface area contributed by atoms with Gasteiger partial charge in [0.25, 0.3) is 0 Å². The van der Waals surface area contributed by atoms with E-state index in [4.69, 9.17) is 9.16 Å². The fraction of sp³-hybridized carbons (Fsp3) is 0.895. The van der Waals surface area contributed by atoms with Crippen molar-refractivity contribution in [3.05, 3.63) is 11.1 Å². The summed E-state index contributed by atoms with van der Waals surface area (Å²) in [5.41, 5.74) is 3.18. The molecule has 0 bridgehead atoms. The fourth-order valence-corrected chi connectivity index (χ4v) is 12.9. The molecule has 0 amide bonds. The van der Waals surface area contributed by atoms with Crippen molar-refractivity contribution in [3.63, 3.8) is 0 Å². The number of rotatable bonds is 5. The Morgan fingerprint density at radius 1 is 0.907 bits per heavy atom. The van der Waals surface area contributed by atoms with Crippen LogP contribution in [0.1, 0.15) is 134 Å². The Kier molecular flexibility index (Phi) is 7.99. The van der Waals surface area contributed by atoms with Gasteiger partial charge in [0, 0.05) is 30.8 Å². The third-order valence-electron chi connectivity index (χ3n) is 15.3. The average Bonchev–Trinajstić information content (AvgIpc) is 3.17.